The molecular weight excluding hydrogens is 586 g/mol. The van der Waals surface area contributed by atoms with E-state index in [1.54, 1.807) is 0 Å². The first kappa shape index (κ1) is 34.7. The molecule has 4 atom stereocenters. The van der Waals surface area contributed by atoms with E-state index in [0.717, 1.165) is 22.3 Å². The number of piperidine rings is 1. The van der Waals surface area contributed by atoms with Crippen molar-refractivity contribution in [2.75, 3.05) is 0 Å². The van der Waals surface area contributed by atoms with Crippen LogP contribution in [-0.4, -0.2) is 17.6 Å². The Hall–Kier alpha value is -3.65. The van der Waals surface area contributed by atoms with Crippen molar-refractivity contribution >= 4 is 5.78 Å². The lowest BCUT2D eigenvalue weighted by Crippen LogP contribution is -2.68. The lowest BCUT2D eigenvalue weighted by Gasteiger charge is -2.50. The zero-order chi connectivity index (χ0) is 33.1. The first-order chi connectivity index (χ1) is 22.9. The molecule has 1 heterocycles. The third-order valence-electron chi connectivity index (χ3n) is 8.74. The summed E-state index contributed by atoms with van der Waals surface area (Å²) in [6.45, 7) is 8.32. The standard InChI is InChI=1S/C41H49NO5/c1-5-36(31-21-13-9-14-22-31)44-40(45-37(6-2)32-23-15-10-16-24-32)29-35(43)30-41(42-40,46-38(7-3)33-25-17-11-18-26-33)47-39(8-4)34-27-19-12-20-28-34/h9-28,36-39,42H,5-8,29-30H2,1-4H3. The Kier molecular flexibility index (Phi) is 12.1. The van der Waals surface area contributed by atoms with Crippen molar-refractivity contribution in [3.8, 4) is 0 Å². The molecule has 47 heavy (non-hydrogen) atoms. The summed E-state index contributed by atoms with van der Waals surface area (Å²) >= 11 is 0. The second-order valence-corrected chi connectivity index (χ2v) is 12.2. The molecule has 1 N–H and O–H groups in total. The maximum Gasteiger partial charge on any atom is 0.239 e. The average Bonchev–Trinajstić information content (AvgIpc) is 3.12. The summed E-state index contributed by atoms with van der Waals surface area (Å²) in [5.41, 5.74) is 4.02. The van der Waals surface area contributed by atoms with Crippen molar-refractivity contribution in [2.45, 2.75) is 102 Å². The van der Waals surface area contributed by atoms with Gasteiger partial charge in [0.25, 0.3) is 0 Å². The number of hydrogen-bond acceptors (Lipinski definition) is 6. The normalized spacial score (nSPS) is 22.3. The molecule has 0 aliphatic carbocycles. The van der Waals surface area contributed by atoms with Gasteiger partial charge < -0.3 is 18.9 Å². The molecule has 1 aliphatic rings. The third kappa shape index (κ3) is 8.83. The largest absolute Gasteiger partial charge is 0.329 e. The number of carbonyl (C=O) groups excluding carboxylic acids is 1. The maximum atomic E-state index is 14.2. The monoisotopic (exact) mass is 635 g/mol. The fourth-order valence-corrected chi connectivity index (χ4v) is 6.44. The van der Waals surface area contributed by atoms with E-state index in [1.165, 1.54) is 0 Å². The predicted octanol–water partition coefficient (Wildman–Crippen LogP) is 9.92. The molecule has 1 fully saturated rings. The van der Waals surface area contributed by atoms with Crippen LogP contribution in [0.25, 0.3) is 0 Å². The van der Waals surface area contributed by atoms with E-state index < -0.39 is 11.8 Å². The summed E-state index contributed by atoms with van der Waals surface area (Å²) in [5.74, 6) is -3.17. The minimum Gasteiger partial charge on any atom is -0.329 e. The van der Waals surface area contributed by atoms with Gasteiger partial charge in [0.2, 0.25) is 11.8 Å². The Morgan fingerprint density at radius 3 is 0.915 bits per heavy atom. The van der Waals surface area contributed by atoms with E-state index in [4.69, 9.17) is 18.9 Å². The van der Waals surface area contributed by atoms with Gasteiger partial charge in [-0.15, -0.1) is 0 Å². The van der Waals surface area contributed by atoms with Crippen LogP contribution >= 0.6 is 0 Å². The van der Waals surface area contributed by atoms with Crippen LogP contribution in [0.15, 0.2) is 121 Å². The highest BCUT2D eigenvalue weighted by Crippen LogP contribution is 2.43. The number of hydrogen-bond donors (Lipinski definition) is 1. The molecule has 6 nitrogen and oxygen atoms in total. The zero-order valence-electron chi connectivity index (χ0n) is 28.1. The lowest BCUT2D eigenvalue weighted by atomic mass is 9.99. The fraction of sp³-hybridized carbons (Fsp3) is 0.390. The molecule has 0 aromatic heterocycles. The predicted molar refractivity (Wildman–Crippen MR) is 185 cm³/mol. The van der Waals surface area contributed by atoms with Crippen LogP contribution in [0.1, 0.15) is 113 Å². The Morgan fingerprint density at radius 1 is 0.468 bits per heavy atom. The molecule has 4 aromatic carbocycles. The molecular formula is C41H49NO5. The van der Waals surface area contributed by atoms with Crippen molar-refractivity contribution in [3.63, 3.8) is 0 Å². The van der Waals surface area contributed by atoms with Gasteiger partial charge in [-0.05, 0) is 47.9 Å². The highest BCUT2D eigenvalue weighted by atomic mass is 16.8. The summed E-state index contributed by atoms with van der Waals surface area (Å²) < 4.78 is 28.1. The molecule has 1 aliphatic heterocycles. The summed E-state index contributed by atoms with van der Waals surface area (Å²) in [6.07, 6.45) is 1.27. The van der Waals surface area contributed by atoms with E-state index in [-0.39, 0.29) is 43.0 Å². The minimum absolute atomic E-state index is 0.00159. The molecule has 0 amide bonds. The van der Waals surface area contributed by atoms with Gasteiger partial charge in [0.15, 0.2) is 0 Å². The molecule has 0 bridgehead atoms. The SMILES string of the molecule is CCC(OC1(OC(CC)c2ccccc2)CC(=O)CC(OC(CC)c2ccccc2)(OC(CC)c2ccccc2)N1)c1ccccc1. The molecule has 248 valence electrons. The van der Waals surface area contributed by atoms with Crippen LogP contribution in [0.4, 0.5) is 0 Å². The highest BCUT2D eigenvalue weighted by molar-refractivity contribution is 5.81. The minimum atomic E-state index is -1.55. The van der Waals surface area contributed by atoms with E-state index in [1.807, 2.05) is 121 Å². The number of ketones is 1. The van der Waals surface area contributed by atoms with Crippen LogP contribution in [-0.2, 0) is 23.7 Å². The van der Waals surface area contributed by atoms with Crippen molar-refractivity contribution in [1.29, 1.82) is 0 Å². The Morgan fingerprint density at radius 2 is 0.702 bits per heavy atom. The van der Waals surface area contributed by atoms with Gasteiger partial charge in [-0.3, -0.25) is 4.79 Å². The van der Waals surface area contributed by atoms with Gasteiger partial charge in [0, 0.05) is 0 Å². The van der Waals surface area contributed by atoms with Crippen LogP contribution < -0.4 is 5.32 Å². The van der Waals surface area contributed by atoms with Gasteiger partial charge in [-0.25, -0.2) is 5.32 Å². The molecule has 5 rings (SSSR count). The third-order valence-corrected chi connectivity index (χ3v) is 8.74. The van der Waals surface area contributed by atoms with Crippen molar-refractivity contribution in [3.05, 3.63) is 144 Å². The van der Waals surface area contributed by atoms with Gasteiger partial charge in [-0.2, -0.15) is 0 Å². The Balaban J connectivity index is 1.61. The number of carbonyl (C=O) groups is 1. The Bertz CT molecular complexity index is 1290. The molecule has 6 heteroatoms. The second-order valence-electron chi connectivity index (χ2n) is 12.2. The first-order valence-corrected chi connectivity index (χ1v) is 17.1. The van der Waals surface area contributed by atoms with E-state index in [2.05, 4.69) is 33.0 Å². The quantitative estimate of drug-likeness (QED) is 0.124. The molecule has 0 radical (unpaired) electrons. The van der Waals surface area contributed by atoms with Crippen molar-refractivity contribution < 1.29 is 23.7 Å². The topological polar surface area (TPSA) is 66.0 Å². The second kappa shape index (κ2) is 16.4. The van der Waals surface area contributed by atoms with Gasteiger partial charge in [0.1, 0.15) is 5.78 Å². The van der Waals surface area contributed by atoms with Crippen LogP contribution in [0.3, 0.4) is 0 Å². The zero-order valence-corrected chi connectivity index (χ0v) is 28.1. The molecule has 0 saturated carbocycles. The lowest BCUT2D eigenvalue weighted by molar-refractivity contribution is -0.388. The molecule has 1 saturated heterocycles. The van der Waals surface area contributed by atoms with Gasteiger partial charge in [0.05, 0.1) is 37.3 Å². The number of ether oxygens (including phenoxy) is 4. The van der Waals surface area contributed by atoms with E-state index in [9.17, 15) is 4.79 Å². The summed E-state index contributed by atoms with van der Waals surface area (Å²) in [6, 6.07) is 40.3. The summed E-state index contributed by atoms with van der Waals surface area (Å²) in [4.78, 5) is 14.2. The van der Waals surface area contributed by atoms with Crippen LogP contribution in [0.5, 0.6) is 0 Å². The number of nitrogens with one attached hydrogen (secondary N) is 1. The Labute approximate surface area is 280 Å². The van der Waals surface area contributed by atoms with Crippen LogP contribution in [0, 0.1) is 0 Å². The number of rotatable bonds is 16. The van der Waals surface area contributed by atoms with Gasteiger partial charge in [-0.1, -0.05) is 149 Å². The highest BCUT2D eigenvalue weighted by Gasteiger charge is 2.55. The smallest absolute Gasteiger partial charge is 0.239 e. The number of Topliss-reactive ketones (excluding diaryl/α,β-unsaturated/α-hetero) is 1. The van der Waals surface area contributed by atoms with Crippen LogP contribution in [0.2, 0.25) is 0 Å². The number of benzene rings is 4. The molecule has 0 spiro atoms. The van der Waals surface area contributed by atoms with E-state index >= 15 is 0 Å². The summed E-state index contributed by atoms with van der Waals surface area (Å²) in [7, 11) is 0. The summed E-state index contributed by atoms with van der Waals surface area (Å²) in [5, 5.41) is 3.64. The van der Waals surface area contributed by atoms with Crippen molar-refractivity contribution in [1.82, 2.24) is 5.32 Å². The average molecular weight is 636 g/mol. The maximum absolute atomic E-state index is 14.2. The molecule has 4 aromatic rings. The van der Waals surface area contributed by atoms with Crippen molar-refractivity contribution in [2.24, 2.45) is 0 Å². The van der Waals surface area contributed by atoms with Gasteiger partial charge >= 0.3 is 0 Å². The molecule has 4 unspecified atom stereocenters. The first-order valence-electron chi connectivity index (χ1n) is 17.1. The fourth-order valence-electron chi connectivity index (χ4n) is 6.44. The van der Waals surface area contributed by atoms with E-state index in [0.29, 0.717) is 25.7 Å².